The average Bonchev–Trinajstić information content (AvgIpc) is 3.34. The van der Waals surface area contributed by atoms with Crippen LogP contribution >= 0.6 is 11.6 Å². The number of nitrogens with one attached hydrogen (secondary N) is 1. The number of ether oxygens (including phenoxy) is 3. The van der Waals surface area contributed by atoms with Crippen LogP contribution < -0.4 is 15.4 Å². The number of anilines is 2. The SMILES string of the molecule is COC(OC)[C@@]1(C)Oc2ccc(N)cc2[C@@H](N(c2ccc(Cl)cc2)C(C)c2nn[nH]n2)[C@@H]1O. The molecule has 0 fully saturated rings. The van der Waals surface area contributed by atoms with Crippen molar-refractivity contribution in [3.63, 3.8) is 0 Å². The van der Waals surface area contributed by atoms with Crippen LogP contribution in [0.4, 0.5) is 11.4 Å². The lowest BCUT2D eigenvalue weighted by atomic mass is 9.82. The quantitative estimate of drug-likeness (QED) is 0.349. The van der Waals surface area contributed by atoms with Crippen molar-refractivity contribution in [2.75, 3.05) is 24.9 Å². The van der Waals surface area contributed by atoms with Crippen molar-refractivity contribution < 1.29 is 19.3 Å². The standard InChI is InChI=1S/C22H27ClN6O4/c1-12(20-25-27-28-26-20)29(15-8-5-13(23)6-9-15)18-16-11-14(24)7-10-17(16)33-22(2,19(18)30)21(31-3)32-4/h5-12,18-19,21,30H,24H2,1-4H3,(H,25,26,27,28)/t12?,18-,19+,22+/m1/s1. The predicted molar refractivity (Wildman–Crippen MR) is 123 cm³/mol. The molecule has 0 amide bonds. The maximum atomic E-state index is 11.8. The molecular weight excluding hydrogens is 448 g/mol. The molecule has 2 aromatic carbocycles. The molecule has 0 bridgehead atoms. The van der Waals surface area contributed by atoms with Gasteiger partial charge in [0, 0.05) is 36.2 Å². The maximum absolute atomic E-state index is 11.8. The summed E-state index contributed by atoms with van der Waals surface area (Å²) < 4.78 is 17.3. The summed E-state index contributed by atoms with van der Waals surface area (Å²) in [6, 6.07) is 11.6. The number of hydrogen-bond acceptors (Lipinski definition) is 9. The lowest BCUT2D eigenvalue weighted by Crippen LogP contribution is -2.62. The number of halogens is 1. The molecule has 4 N–H and O–H groups in total. The first-order chi connectivity index (χ1) is 15.8. The van der Waals surface area contributed by atoms with Crippen molar-refractivity contribution in [1.29, 1.82) is 0 Å². The number of tetrazole rings is 1. The first kappa shape index (κ1) is 23.2. The normalized spacial score (nSPS) is 23.1. The van der Waals surface area contributed by atoms with Gasteiger partial charge in [-0.3, -0.25) is 0 Å². The van der Waals surface area contributed by atoms with E-state index < -0.39 is 30.1 Å². The topological polar surface area (TPSA) is 132 Å². The molecule has 1 unspecified atom stereocenters. The van der Waals surface area contributed by atoms with Crippen LogP contribution in [0.15, 0.2) is 42.5 Å². The molecule has 11 heteroatoms. The van der Waals surface area contributed by atoms with Crippen LogP contribution in [0.25, 0.3) is 0 Å². The number of nitrogen functional groups attached to an aromatic ring is 1. The number of aromatic nitrogens is 4. The highest BCUT2D eigenvalue weighted by Gasteiger charge is 2.54. The molecule has 176 valence electrons. The molecule has 3 aromatic rings. The van der Waals surface area contributed by atoms with Crippen molar-refractivity contribution in [3.05, 3.63) is 58.9 Å². The Hall–Kier alpha value is -2.92. The second-order valence-corrected chi connectivity index (χ2v) is 8.54. The minimum absolute atomic E-state index is 0.398. The fourth-order valence-corrected chi connectivity index (χ4v) is 4.56. The molecule has 33 heavy (non-hydrogen) atoms. The van der Waals surface area contributed by atoms with Crippen molar-refractivity contribution in [1.82, 2.24) is 20.6 Å². The van der Waals surface area contributed by atoms with Gasteiger partial charge < -0.3 is 30.0 Å². The Labute approximate surface area is 196 Å². The molecular formula is C22H27ClN6O4. The maximum Gasteiger partial charge on any atom is 0.199 e. The van der Waals surface area contributed by atoms with E-state index in [1.54, 1.807) is 37.3 Å². The van der Waals surface area contributed by atoms with Gasteiger partial charge in [0.25, 0.3) is 0 Å². The zero-order valence-corrected chi connectivity index (χ0v) is 19.5. The summed E-state index contributed by atoms with van der Waals surface area (Å²) in [6.45, 7) is 3.68. The lowest BCUT2D eigenvalue weighted by molar-refractivity contribution is -0.237. The number of aliphatic hydroxyl groups is 1. The third-order valence-corrected chi connectivity index (χ3v) is 6.29. The highest BCUT2D eigenvalue weighted by atomic mass is 35.5. The second-order valence-electron chi connectivity index (χ2n) is 8.11. The van der Waals surface area contributed by atoms with E-state index >= 15 is 0 Å². The Morgan fingerprint density at radius 3 is 2.52 bits per heavy atom. The van der Waals surface area contributed by atoms with E-state index in [1.165, 1.54) is 14.2 Å². The average molecular weight is 475 g/mol. The van der Waals surface area contributed by atoms with Gasteiger partial charge >= 0.3 is 0 Å². The van der Waals surface area contributed by atoms with Gasteiger partial charge in [-0.25, -0.2) is 0 Å². The molecule has 1 aliphatic rings. The molecule has 10 nitrogen and oxygen atoms in total. The number of fused-ring (bicyclic) bond motifs is 1. The zero-order valence-electron chi connectivity index (χ0n) is 18.8. The molecule has 1 aromatic heterocycles. The Morgan fingerprint density at radius 1 is 1.21 bits per heavy atom. The number of aliphatic hydroxyl groups excluding tert-OH is 1. The number of methoxy groups -OCH3 is 2. The van der Waals surface area contributed by atoms with Gasteiger partial charge in [0.15, 0.2) is 17.7 Å². The molecule has 0 spiro atoms. The third-order valence-electron chi connectivity index (χ3n) is 6.04. The summed E-state index contributed by atoms with van der Waals surface area (Å²) in [5.74, 6) is 1.01. The fraction of sp³-hybridized carbons (Fsp3) is 0.409. The van der Waals surface area contributed by atoms with Crippen LogP contribution in [0, 0.1) is 0 Å². The van der Waals surface area contributed by atoms with E-state index in [1.807, 2.05) is 24.0 Å². The van der Waals surface area contributed by atoms with Gasteiger partial charge in [0.1, 0.15) is 11.9 Å². The van der Waals surface area contributed by atoms with E-state index in [0.29, 0.717) is 27.8 Å². The predicted octanol–water partition coefficient (Wildman–Crippen LogP) is 2.88. The summed E-state index contributed by atoms with van der Waals surface area (Å²) >= 11 is 6.16. The van der Waals surface area contributed by atoms with E-state index in [4.69, 9.17) is 31.5 Å². The van der Waals surface area contributed by atoms with Crippen LogP contribution in [0.1, 0.15) is 37.3 Å². The fourth-order valence-electron chi connectivity index (χ4n) is 4.43. The number of H-pyrrole nitrogens is 1. The minimum atomic E-state index is -1.25. The van der Waals surface area contributed by atoms with Crippen molar-refractivity contribution >= 4 is 23.0 Å². The molecule has 4 rings (SSSR count). The Morgan fingerprint density at radius 2 is 1.91 bits per heavy atom. The number of nitrogens with zero attached hydrogens (tertiary/aromatic N) is 4. The Bertz CT molecular complexity index is 1080. The number of rotatable bonds is 7. The van der Waals surface area contributed by atoms with Gasteiger partial charge in [-0.05, 0) is 56.3 Å². The Balaban J connectivity index is 1.93. The molecule has 0 saturated carbocycles. The van der Waals surface area contributed by atoms with E-state index in [0.717, 1.165) is 5.69 Å². The number of benzene rings is 2. The van der Waals surface area contributed by atoms with Crippen molar-refractivity contribution in [2.45, 2.75) is 43.9 Å². The van der Waals surface area contributed by atoms with Gasteiger partial charge in [0.05, 0.1) is 12.1 Å². The van der Waals surface area contributed by atoms with Crippen LogP contribution in [-0.4, -0.2) is 57.9 Å². The summed E-state index contributed by atoms with van der Waals surface area (Å²) in [5.41, 5.74) is 6.91. The van der Waals surface area contributed by atoms with E-state index in [-0.39, 0.29) is 0 Å². The lowest BCUT2D eigenvalue weighted by Gasteiger charge is -2.51. The number of aromatic amines is 1. The minimum Gasteiger partial charge on any atom is -0.479 e. The molecule has 1 aliphatic heterocycles. The monoisotopic (exact) mass is 474 g/mol. The van der Waals surface area contributed by atoms with Crippen LogP contribution in [0.2, 0.25) is 5.02 Å². The molecule has 0 radical (unpaired) electrons. The first-order valence-electron chi connectivity index (χ1n) is 10.4. The summed E-state index contributed by atoms with van der Waals surface area (Å²) in [5, 5.41) is 27.0. The van der Waals surface area contributed by atoms with Crippen LogP contribution in [0.5, 0.6) is 5.75 Å². The number of nitrogens with two attached hydrogens (primary N) is 1. The van der Waals surface area contributed by atoms with Gasteiger partial charge in [-0.2, -0.15) is 5.21 Å². The molecule has 0 saturated heterocycles. The largest absolute Gasteiger partial charge is 0.479 e. The van der Waals surface area contributed by atoms with E-state index in [2.05, 4.69) is 20.6 Å². The molecule has 4 atom stereocenters. The first-order valence-corrected chi connectivity index (χ1v) is 10.8. The summed E-state index contributed by atoms with van der Waals surface area (Å²) in [6.07, 6.45) is -1.96. The summed E-state index contributed by atoms with van der Waals surface area (Å²) in [7, 11) is 3.00. The van der Waals surface area contributed by atoms with Crippen molar-refractivity contribution in [3.8, 4) is 5.75 Å². The third kappa shape index (κ3) is 4.10. The Kier molecular flexibility index (Phi) is 6.44. The smallest absolute Gasteiger partial charge is 0.199 e. The highest BCUT2D eigenvalue weighted by molar-refractivity contribution is 6.30. The summed E-state index contributed by atoms with van der Waals surface area (Å²) in [4.78, 5) is 1.99. The zero-order chi connectivity index (χ0) is 23.8. The van der Waals surface area contributed by atoms with Gasteiger partial charge in [-0.1, -0.05) is 16.8 Å². The highest BCUT2D eigenvalue weighted by Crippen LogP contribution is 2.49. The molecule has 0 aliphatic carbocycles. The van der Waals surface area contributed by atoms with Crippen molar-refractivity contribution in [2.24, 2.45) is 0 Å². The van der Waals surface area contributed by atoms with Gasteiger partial charge in [0.2, 0.25) is 0 Å². The van der Waals surface area contributed by atoms with E-state index in [9.17, 15) is 5.11 Å². The molecule has 2 heterocycles. The van der Waals surface area contributed by atoms with Crippen LogP contribution in [0.3, 0.4) is 0 Å². The van der Waals surface area contributed by atoms with Crippen LogP contribution in [-0.2, 0) is 9.47 Å². The number of hydrogen-bond donors (Lipinski definition) is 3. The van der Waals surface area contributed by atoms with Gasteiger partial charge in [-0.15, -0.1) is 10.2 Å². The second kappa shape index (κ2) is 9.14.